The zero-order valence-corrected chi connectivity index (χ0v) is 12.3. The molecule has 2 N–H and O–H groups in total. The van der Waals surface area contributed by atoms with E-state index in [1.807, 2.05) is 50.6 Å². The molecule has 0 saturated carbocycles. The summed E-state index contributed by atoms with van der Waals surface area (Å²) in [6.45, 7) is 3.90. The Morgan fingerprint density at radius 3 is 2.58 bits per heavy atom. The number of rotatable bonds is 4. The van der Waals surface area contributed by atoms with Crippen LogP contribution < -0.4 is 5.32 Å². The van der Waals surface area contributed by atoms with E-state index in [0.717, 1.165) is 5.56 Å². The maximum atomic E-state index is 10.6. The van der Waals surface area contributed by atoms with Gasteiger partial charge in [-0.25, -0.2) is 4.99 Å². The SMILES string of the molecule is CCC(O)(CC)c1ccccc1N=C(NC#N)SC. The van der Waals surface area contributed by atoms with E-state index in [2.05, 4.69) is 10.3 Å². The van der Waals surface area contributed by atoms with Crippen LogP contribution in [0.5, 0.6) is 0 Å². The molecular weight excluding hydrogens is 258 g/mol. The van der Waals surface area contributed by atoms with Crippen LogP contribution in [0.2, 0.25) is 0 Å². The van der Waals surface area contributed by atoms with Crippen molar-refractivity contribution < 1.29 is 5.11 Å². The van der Waals surface area contributed by atoms with Gasteiger partial charge in [0.25, 0.3) is 0 Å². The highest BCUT2D eigenvalue weighted by atomic mass is 32.2. The zero-order chi connectivity index (χ0) is 14.3. The van der Waals surface area contributed by atoms with E-state index in [1.54, 1.807) is 0 Å². The van der Waals surface area contributed by atoms with Gasteiger partial charge in [-0.15, -0.1) is 0 Å². The lowest BCUT2D eigenvalue weighted by Gasteiger charge is -2.27. The molecule has 0 aliphatic heterocycles. The first-order valence-corrected chi connectivity index (χ1v) is 7.43. The Morgan fingerprint density at radius 1 is 1.42 bits per heavy atom. The van der Waals surface area contributed by atoms with Gasteiger partial charge in [-0.05, 0) is 25.2 Å². The molecule has 0 atom stereocenters. The average Bonchev–Trinajstić information content (AvgIpc) is 2.46. The van der Waals surface area contributed by atoms with Gasteiger partial charge in [-0.3, -0.25) is 5.32 Å². The Bertz CT molecular complexity index is 490. The fraction of sp³-hybridized carbons (Fsp3) is 0.429. The van der Waals surface area contributed by atoms with Crippen LogP contribution in [-0.2, 0) is 5.60 Å². The summed E-state index contributed by atoms with van der Waals surface area (Å²) in [5.41, 5.74) is 0.614. The predicted octanol–water partition coefficient (Wildman–Crippen LogP) is 3.12. The van der Waals surface area contributed by atoms with E-state index in [0.29, 0.717) is 23.7 Å². The molecule has 1 aromatic carbocycles. The molecular formula is C14H19N3OS. The van der Waals surface area contributed by atoms with Gasteiger partial charge in [-0.1, -0.05) is 43.8 Å². The van der Waals surface area contributed by atoms with Gasteiger partial charge < -0.3 is 5.11 Å². The third-order valence-corrected chi connectivity index (χ3v) is 3.73. The summed E-state index contributed by atoms with van der Waals surface area (Å²) in [4.78, 5) is 4.41. The maximum absolute atomic E-state index is 10.6. The molecule has 0 spiro atoms. The van der Waals surface area contributed by atoms with Crippen LogP contribution in [0.3, 0.4) is 0 Å². The smallest absolute Gasteiger partial charge is 0.183 e. The van der Waals surface area contributed by atoms with Crippen LogP contribution in [-0.4, -0.2) is 16.5 Å². The first kappa shape index (κ1) is 15.5. The highest BCUT2D eigenvalue weighted by molar-refractivity contribution is 8.13. The Balaban J connectivity index is 3.27. The first-order valence-electron chi connectivity index (χ1n) is 6.21. The van der Waals surface area contributed by atoms with Crippen LogP contribution in [0.1, 0.15) is 32.3 Å². The molecule has 0 heterocycles. The molecule has 5 heteroatoms. The van der Waals surface area contributed by atoms with Crippen molar-refractivity contribution in [2.24, 2.45) is 4.99 Å². The Hall–Kier alpha value is -1.51. The number of hydrogen-bond acceptors (Lipinski definition) is 4. The molecule has 0 aliphatic carbocycles. The van der Waals surface area contributed by atoms with Crippen molar-refractivity contribution in [2.45, 2.75) is 32.3 Å². The van der Waals surface area contributed by atoms with Crippen LogP contribution in [0.15, 0.2) is 29.3 Å². The quantitative estimate of drug-likeness (QED) is 0.384. The molecule has 19 heavy (non-hydrogen) atoms. The van der Waals surface area contributed by atoms with Gasteiger partial charge in [-0.2, -0.15) is 5.26 Å². The summed E-state index contributed by atoms with van der Waals surface area (Å²) in [5.74, 6) is 0. The van der Waals surface area contributed by atoms with Gasteiger partial charge in [0.2, 0.25) is 0 Å². The van der Waals surface area contributed by atoms with Crippen LogP contribution >= 0.6 is 11.8 Å². The number of thioether (sulfide) groups is 1. The lowest BCUT2D eigenvalue weighted by Crippen LogP contribution is -2.23. The molecule has 0 aliphatic rings. The number of nitriles is 1. The number of hydrogen-bond donors (Lipinski definition) is 2. The molecule has 0 saturated heterocycles. The number of aliphatic hydroxyl groups is 1. The molecule has 0 radical (unpaired) electrons. The summed E-state index contributed by atoms with van der Waals surface area (Å²) in [5, 5.41) is 22.3. The number of amidine groups is 1. The van der Waals surface area contributed by atoms with Gasteiger partial charge in [0.05, 0.1) is 11.3 Å². The monoisotopic (exact) mass is 277 g/mol. The molecule has 0 fully saturated rings. The number of benzene rings is 1. The number of aliphatic imine (C=N–C) groups is 1. The van der Waals surface area contributed by atoms with Gasteiger partial charge in [0.1, 0.15) is 0 Å². The number of para-hydroxylation sites is 1. The number of nitrogens with zero attached hydrogens (tertiary/aromatic N) is 2. The minimum atomic E-state index is -0.879. The van der Waals surface area contributed by atoms with Gasteiger partial charge >= 0.3 is 0 Å². The van der Waals surface area contributed by atoms with E-state index in [-0.39, 0.29) is 0 Å². The van der Waals surface area contributed by atoms with E-state index in [9.17, 15) is 5.11 Å². The largest absolute Gasteiger partial charge is 0.385 e. The molecule has 102 valence electrons. The average molecular weight is 277 g/mol. The molecule has 0 bridgehead atoms. The molecule has 4 nitrogen and oxygen atoms in total. The molecule has 0 amide bonds. The summed E-state index contributed by atoms with van der Waals surface area (Å²) >= 11 is 1.36. The summed E-state index contributed by atoms with van der Waals surface area (Å²) in [6.07, 6.45) is 4.95. The second-order valence-electron chi connectivity index (χ2n) is 4.11. The van der Waals surface area contributed by atoms with Crippen molar-refractivity contribution in [3.63, 3.8) is 0 Å². The topological polar surface area (TPSA) is 68.4 Å². The summed E-state index contributed by atoms with van der Waals surface area (Å²) in [7, 11) is 0. The standard InChI is InChI=1S/C14H19N3OS/c1-4-14(18,5-2)11-8-6-7-9-12(11)17-13(19-3)16-10-15/h6-9,18H,4-5H2,1-3H3,(H,16,17). The van der Waals surface area contributed by atoms with Crippen molar-refractivity contribution in [3.05, 3.63) is 29.8 Å². The molecule has 1 rings (SSSR count). The number of nitrogens with one attached hydrogen (secondary N) is 1. The second-order valence-corrected chi connectivity index (χ2v) is 4.91. The Kier molecular flexibility index (Phi) is 5.87. The zero-order valence-electron chi connectivity index (χ0n) is 11.5. The van der Waals surface area contributed by atoms with Crippen molar-refractivity contribution in [2.75, 3.05) is 6.26 Å². The van der Waals surface area contributed by atoms with Gasteiger partial charge in [0, 0.05) is 5.56 Å². The maximum Gasteiger partial charge on any atom is 0.183 e. The van der Waals surface area contributed by atoms with Crippen molar-refractivity contribution >= 4 is 22.6 Å². The lowest BCUT2D eigenvalue weighted by atomic mass is 9.87. The minimum Gasteiger partial charge on any atom is -0.385 e. The van der Waals surface area contributed by atoms with E-state index < -0.39 is 5.60 Å². The highest BCUT2D eigenvalue weighted by Gasteiger charge is 2.27. The summed E-state index contributed by atoms with van der Waals surface area (Å²) < 4.78 is 0. The van der Waals surface area contributed by atoms with E-state index >= 15 is 0 Å². The third kappa shape index (κ3) is 3.72. The van der Waals surface area contributed by atoms with Crippen LogP contribution in [0.25, 0.3) is 0 Å². The normalized spacial score (nSPS) is 12.1. The molecule has 0 aromatic heterocycles. The first-order chi connectivity index (χ1) is 9.11. The molecule has 0 unspecified atom stereocenters. The summed E-state index contributed by atoms with van der Waals surface area (Å²) in [6, 6.07) is 7.50. The minimum absolute atomic E-state index is 0.518. The third-order valence-electron chi connectivity index (χ3n) is 3.15. The van der Waals surface area contributed by atoms with Gasteiger partial charge in [0.15, 0.2) is 11.4 Å². The highest BCUT2D eigenvalue weighted by Crippen LogP contribution is 2.35. The predicted molar refractivity (Wildman–Crippen MR) is 80.3 cm³/mol. The molecule has 1 aromatic rings. The van der Waals surface area contributed by atoms with Crippen molar-refractivity contribution in [1.29, 1.82) is 5.26 Å². The second kappa shape index (κ2) is 7.17. The van der Waals surface area contributed by atoms with Crippen LogP contribution in [0, 0.1) is 11.5 Å². The Labute approximate surface area is 118 Å². The van der Waals surface area contributed by atoms with Crippen LogP contribution in [0.4, 0.5) is 5.69 Å². The van der Waals surface area contributed by atoms with Crippen molar-refractivity contribution in [1.82, 2.24) is 5.32 Å². The lowest BCUT2D eigenvalue weighted by molar-refractivity contribution is 0.0290. The van der Waals surface area contributed by atoms with E-state index in [1.165, 1.54) is 11.8 Å². The fourth-order valence-electron chi connectivity index (χ4n) is 1.88. The Morgan fingerprint density at radius 2 is 2.05 bits per heavy atom. The van der Waals surface area contributed by atoms with E-state index in [4.69, 9.17) is 5.26 Å². The fourth-order valence-corrected chi connectivity index (χ4v) is 2.21. The van der Waals surface area contributed by atoms with Crippen molar-refractivity contribution in [3.8, 4) is 6.19 Å².